The summed E-state index contributed by atoms with van der Waals surface area (Å²) in [5.74, 6) is 0.312. The van der Waals surface area contributed by atoms with Gasteiger partial charge in [0.05, 0.1) is 6.10 Å². The van der Waals surface area contributed by atoms with Crippen LogP contribution in [-0.4, -0.2) is 18.5 Å². The van der Waals surface area contributed by atoms with Crippen LogP contribution in [0.25, 0.3) is 0 Å². The molecule has 0 aromatic heterocycles. The molecule has 1 heterocycles. The number of carbonyl (C=O) groups excluding carboxylic acids is 1. The van der Waals surface area contributed by atoms with E-state index < -0.39 is 0 Å². The highest BCUT2D eigenvalue weighted by molar-refractivity contribution is 5.78. The molecule has 74 valence electrons. The fourth-order valence-corrected chi connectivity index (χ4v) is 1.59. The lowest BCUT2D eigenvalue weighted by Crippen LogP contribution is -2.22. The van der Waals surface area contributed by atoms with Crippen LogP contribution in [0.15, 0.2) is 12.7 Å². The topological polar surface area (TPSA) is 26.3 Å². The normalized spacial score (nSPS) is 22.6. The van der Waals surface area contributed by atoms with Gasteiger partial charge in [0.2, 0.25) is 0 Å². The highest BCUT2D eigenvalue weighted by Crippen LogP contribution is 2.16. The van der Waals surface area contributed by atoms with Gasteiger partial charge in [-0.05, 0) is 25.7 Å². The van der Waals surface area contributed by atoms with E-state index in [1.807, 2.05) is 0 Å². The maximum Gasteiger partial charge on any atom is 0.135 e. The molecule has 0 spiro atoms. The lowest BCUT2D eigenvalue weighted by atomic mass is 10.0. The maximum absolute atomic E-state index is 11.3. The number of carbonyl (C=O) groups is 1. The molecule has 1 aliphatic heterocycles. The number of Topliss-reactive ketones (excluding diaryl/α,β-unsaturated/α-hetero) is 1. The Morgan fingerprint density at radius 3 is 3.00 bits per heavy atom. The summed E-state index contributed by atoms with van der Waals surface area (Å²) in [5.41, 5.74) is 0. The minimum atomic E-state index is 0.200. The molecule has 1 aliphatic rings. The lowest BCUT2D eigenvalue weighted by Gasteiger charge is -2.21. The Kier molecular flexibility index (Phi) is 4.76. The van der Waals surface area contributed by atoms with Gasteiger partial charge in [0.1, 0.15) is 5.78 Å². The lowest BCUT2D eigenvalue weighted by molar-refractivity contribution is -0.122. The summed E-state index contributed by atoms with van der Waals surface area (Å²) in [7, 11) is 0. The molecule has 1 atom stereocenters. The number of hydrogen-bond acceptors (Lipinski definition) is 2. The second-order valence-electron chi connectivity index (χ2n) is 3.56. The fourth-order valence-electron chi connectivity index (χ4n) is 1.59. The smallest absolute Gasteiger partial charge is 0.135 e. The van der Waals surface area contributed by atoms with Gasteiger partial charge in [0.25, 0.3) is 0 Å². The molecule has 0 N–H and O–H groups in total. The molecule has 0 aromatic carbocycles. The molecule has 1 unspecified atom stereocenters. The summed E-state index contributed by atoms with van der Waals surface area (Å²) in [4.78, 5) is 11.3. The van der Waals surface area contributed by atoms with Crippen molar-refractivity contribution in [2.45, 2.75) is 44.6 Å². The molecule has 1 fully saturated rings. The number of ether oxygens (including phenoxy) is 1. The number of rotatable bonds is 5. The van der Waals surface area contributed by atoms with Gasteiger partial charge in [-0.15, -0.1) is 6.58 Å². The van der Waals surface area contributed by atoms with Gasteiger partial charge in [-0.2, -0.15) is 0 Å². The quantitative estimate of drug-likeness (QED) is 0.610. The van der Waals surface area contributed by atoms with Gasteiger partial charge in [-0.1, -0.05) is 6.08 Å². The van der Waals surface area contributed by atoms with Crippen LogP contribution in [0.3, 0.4) is 0 Å². The maximum atomic E-state index is 11.3. The minimum absolute atomic E-state index is 0.200. The zero-order valence-electron chi connectivity index (χ0n) is 8.13. The van der Waals surface area contributed by atoms with Crippen LogP contribution in [0.5, 0.6) is 0 Å². The summed E-state index contributed by atoms with van der Waals surface area (Å²) in [6.45, 7) is 4.43. The molecular formula is C11H18O2. The second-order valence-corrected chi connectivity index (χ2v) is 3.56. The first-order valence-electron chi connectivity index (χ1n) is 5.07. The molecule has 0 saturated carbocycles. The second kappa shape index (κ2) is 5.92. The Hall–Kier alpha value is -0.630. The van der Waals surface area contributed by atoms with E-state index in [0.29, 0.717) is 18.6 Å². The summed E-state index contributed by atoms with van der Waals surface area (Å²) < 4.78 is 5.48. The monoisotopic (exact) mass is 182 g/mol. The zero-order valence-corrected chi connectivity index (χ0v) is 8.13. The van der Waals surface area contributed by atoms with Gasteiger partial charge in [0.15, 0.2) is 0 Å². The Balaban J connectivity index is 2.14. The Morgan fingerprint density at radius 2 is 2.38 bits per heavy atom. The average Bonchev–Trinajstić information content (AvgIpc) is 2.16. The number of allylic oxidation sites excluding steroid dienone is 1. The van der Waals surface area contributed by atoms with Gasteiger partial charge in [-0.25, -0.2) is 0 Å². The molecule has 0 amide bonds. The van der Waals surface area contributed by atoms with Crippen molar-refractivity contribution in [3.8, 4) is 0 Å². The molecule has 2 heteroatoms. The summed E-state index contributed by atoms with van der Waals surface area (Å²) in [6, 6.07) is 0. The van der Waals surface area contributed by atoms with E-state index in [2.05, 4.69) is 6.58 Å². The van der Waals surface area contributed by atoms with Crippen molar-refractivity contribution in [3.05, 3.63) is 12.7 Å². The van der Waals surface area contributed by atoms with Gasteiger partial charge < -0.3 is 4.74 Å². The van der Waals surface area contributed by atoms with Crippen LogP contribution >= 0.6 is 0 Å². The van der Waals surface area contributed by atoms with Crippen molar-refractivity contribution in [2.24, 2.45) is 0 Å². The van der Waals surface area contributed by atoms with Crippen molar-refractivity contribution in [1.29, 1.82) is 0 Å². The summed E-state index contributed by atoms with van der Waals surface area (Å²) in [5, 5.41) is 0. The van der Waals surface area contributed by atoms with Gasteiger partial charge >= 0.3 is 0 Å². The zero-order chi connectivity index (χ0) is 9.52. The van der Waals surface area contributed by atoms with Gasteiger partial charge in [0, 0.05) is 19.4 Å². The molecule has 0 aliphatic carbocycles. The van der Waals surface area contributed by atoms with Crippen molar-refractivity contribution < 1.29 is 9.53 Å². The Morgan fingerprint density at radius 1 is 1.54 bits per heavy atom. The van der Waals surface area contributed by atoms with Gasteiger partial charge in [-0.3, -0.25) is 4.79 Å². The molecule has 0 bridgehead atoms. The summed E-state index contributed by atoms with van der Waals surface area (Å²) >= 11 is 0. The molecule has 0 radical (unpaired) electrons. The van der Waals surface area contributed by atoms with E-state index in [-0.39, 0.29) is 6.10 Å². The first kappa shape index (κ1) is 10.5. The van der Waals surface area contributed by atoms with Crippen LogP contribution in [0.4, 0.5) is 0 Å². The number of ketones is 1. The summed E-state index contributed by atoms with van der Waals surface area (Å²) in [6.07, 6.45) is 7.44. The third-order valence-corrected chi connectivity index (χ3v) is 2.36. The highest BCUT2D eigenvalue weighted by atomic mass is 16.5. The van der Waals surface area contributed by atoms with E-state index in [1.54, 1.807) is 6.08 Å². The largest absolute Gasteiger partial charge is 0.378 e. The SMILES string of the molecule is C=CCCC(=O)CC1CCCCO1. The third-order valence-electron chi connectivity index (χ3n) is 2.36. The predicted octanol–water partition coefficient (Wildman–Crippen LogP) is 2.48. The third kappa shape index (κ3) is 4.23. The van der Waals surface area contributed by atoms with E-state index in [1.165, 1.54) is 6.42 Å². The van der Waals surface area contributed by atoms with Crippen LogP contribution in [0.2, 0.25) is 0 Å². The van der Waals surface area contributed by atoms with Crippen LogP contribution < -0.4 is 0 Å². The highest BCUT2D eigenvalue weighted by Gasteiger charge is 2.16. The number of hydrogen-bond donors (Lipinski definition) is 0. The molecule has 2 nitrogen and oxygen atoms in total. The molecule has 13 heavy (non-hydrogen) atoms. The molecule has 1 saturated heterocycles. The standard InChI is InChI=1S/C11H18O2/c1-2-3-6-10(12)9-11-7-4-5-8-13-11/h2,11H,1,3-9H2. The van der Waals surface area contributed by atoms with Crippen molar-refractivity contribution in [3.63, 3.8) is 0 Å². The fraction of sp³-hybridized carbons (Fsp3) is 0.727. The van der Waals surface area contributed by atoms with E-state index in [9.17, 15) is 4.79 Å². The average molecular weight is 182 g/mol. The first-order valence-corrected chi connectivity index (χ1v) is 5.07. The van der Waals surface area contributed by atoms with E-state index in [0.717, 1.165) is 25.9 Å². The molecule has 1 rings (SSSR count). The molecular weight excluding hydrogens is 164 g/mol. The molecule has 0 aromatic rings. The van der Waals surface area contributed by atoms with Crippen molar-refractivity contribution >= 4 is 5.78 Å². The van der Waals surface area contributed by atoms with Crippen molar-refractivity contribution in [1.82, 2.24) is 0 Å². The first-order chi connectivity index (χ1) is 6.33. The van der Waals surface area contributed by atoms with E-state index in [4.69, 9.17) is 4.74 Å². The van der Waals surface area contributed by atoms with Crippen LogP contribution in [-0.2, 0) is 9.53 Å². The van der Waals surface area contributed by atoms with Crippen molar-refractivity contribution in [2.75, 3.05) is 6.61 Å². The van der Waals surface area contributed by atoms with Crippen LogP contribution in [0, 0.1) is 0 Å². The Bertz CT molecular complexity index is 169. The Labute approximate surface area is 80.0 Å². The van der Waals surface area contributed by atoms with E-state index >= 15 is 0 Å². The predicted molar refractivity (Wildman–Crippen MR) is 52.6 cm³/mol. The minimum Gasteiger partial charge on any atom is -0.378 e. The van der Waals surface area contributed by atoms with Crippen LogP contribution in [0.1, 0.15) is 38.5 Å².